The number of imidazole rings is 1. The SMILES string of the molecule is CC(C)Cn1c(Cn2cccc(NC(=O)C(CCC=CC(=O)N(C)C)OC(=O)N(C)C)c2=O)nc2cc(F)ccc21. The van der Waals surface area contributed by atoms with Crippen molar-refractivity contribution in [3.05, 3.63) is 70.7 Å². The fourth-order valence-corrected chi connectivity index (χ4v) is 4.02. The van der Waals surface area contributed by atoms with Gasteiger partial charge in [0.2, 0.25) is 5.91 Å². The Balaban J connectivity index is 1.83. The molecule has 1 aromatic carbocycles. The summed E-state index contributed by atoms with van der Waals surface area (Å²) < 4.78 is 22.6. The molecule has 2 aromatic heterocycles. The van der Waals surface area contributed by atoms with Crippen LogP contribution in [0.15, 0.2) is 53.5 Å². The fourth-order valence-electron chi connectivity index (χ4n) is 4.02. The van der Waals surface area contributed by atoms with E-state index in [1.807, 2.05) is 4.57 Å². The van der Waals surface area contributed by atoms with Crippen LogP contribution in [0.1, 0.15) is 32.5 Å². The van der Waals surface area contributed by atoms with E-state index in [1.54, 1.807) is 38.5 Å². The first kappa shape index (κ1) is 31.1. The van der Waals surface area contributed by atoms with Gasteiger partial charge >= 0.3 is 6.09 Å². The van der Waals surface area contributed by atoms with Crippen LogP contribution in [0.4, 0.5) is 14.9 Å². The molecule has 0 bridgehead atoms. The minimum absolute atomic E-state index is 0.000653. The number of carbonyl (C=O) groups is 3. The molecule has 0 aliphatic heterocycles. The maximum absolute atomic E-state index is 13.9. The zero-order valence-electron chi connectivity index (χ0n) is 24.3. The van der Waals surface area contributed by atoms with Crippen molar-refractivity contribution < 1.29 is 23.5 Å². The molecule has 220 valence electrons. The van der Waals surface area contributed by atoms with Crippen LogP contribution in [0, 0.1) is 11.7 Å². The number of nitrogens with zero attached hydrogens (tertiary/aromatic N) is 5. The van der Waals surface area contributed by atoms with Crippen molar-refractivity contribution in [2.24, 2.45) is 5.92 Å². The van der Waals surface area contributed by atoms with E-state index in [9.17, 15) is 23.6 Å². The van der Waals surface area contributed by atoms with Gasteiger partial charge in [-0.1, -0.05) is 19.9 Å². The van der Waals surface area contributed by atoms with Gasteiger partial charge < -0.3 is 29.0 Å². The monoisotopic (exact) mass is 568 g/mol. The number of pyridine rings is 1. The van der Waals surface area contributed by atoms with Crippen molar-refractivity contribution in [3.8, 4) is 0 Å². The zero-order chi connectivity index (χ0) is 30.3. The van der Waals surface area contributed by atoms with Crippen LogP contribution in [0.25, 0.3) is 11.0 Å². The number of benzene rings is 1. The largest absolute Gasteiger partial charge is 0.436 e. The molecule has 0 fully saturated rings. The number of likely N-dealkylation sites (N-methyl/N-ethyl adjacent to an activating group) is 1. The number of rotatable bonds is 11. The molecule has 0 spiro atoms. The van der Waals surface area contributed by atoms with Crippen molar-refractivity contribution in [1.29, 1.82) is 0 Å². The van der Waals surface area contributed by atoms with Gasteiger partial charge in [0.15, 0.2) is 6.10 Å². The number of hydrogen-bond acceptors (Lipinski definition) is 6. The molecule has 0 saturated heterocycles. The molecule has 11 nitrogen and oxygen atoms in total. The zero-order valence-corrected chi connectivity index (χ0v) is 24.3. The van der Waals surface area contributed by atoms with Gasteiger partial charge in [-0.2, -0.15) is 0 Å². The molecule has 2 heterocycles. The number of nitrogens with one attached hydrogen (secondary N) is 1. The summed E-state index contributed by atoms with van der Waals surface area (Å²) in [6, 6.07) is 7.48. The lowest BCUT2D eigenvalue weighted by Crippen LogP contribution is -2.37. The van der Waals surface area contributed by atoms with Gasteiger partial charge in [0, 0.05) is 47.0 Å². The molecule has 3 rings (SSSR count). The summed E-state index contributed by atoms with van der Waals surface area (Å²) in [4.78, 5) is 57.7. The van der Waals surface area contributed by atoms with E-state index in [0.717, 1.165) is 5.52 Å². The number of ether oxygens (including phenoxy) is 1. The third kappa shape index (κ3) is 8.26. The van der Waals surface area contributed by atoms with Crippen molar-refractivity contribution in [1.82, 2.24) is 23.9 Å². The van der Waals surface area contributed by atoms with Crippen LogP contribution in [-0.2, 0) is 27.4 Å². The Morgan fingerprint density at radius 3 is 2.51 bits per heavy atom. The number of halogens is 1. The highest BCUT2D eigenvalue weighted by molar-refractivity contribution is 5.95. The van der Waals surface area contributed by atoms with Gasteiger partial charge in [-0.05, 0) is 49.1 Å². The molecule has 1 atom stereocenters. The first-order valence-electron chi connectivity index (χ1n) is 13.3. The second-order valence-electron chi connectivity index (χ2n) is 10.5. The molecule has 41 heavy (non-hydrogen) atoms. The predicted octanol–water partition coefficient (Wildman–Crippen LogP) is 3.47. The summed E-state index contributed by atoms with van der Waals surface area (Å²) in [5.41, 5.74) is 0.771. The summed E-state index contributed by atoms with van der Waals surface area (Å²) in [7, 11) is 6.22. The predicted molar refractivity (Wildman–Crippen MR) is 154 cm³/mol. The number of allylic oxidation sites excluding steroid dienone is 1. The summed E-state index contributed by atoms with van der Waals surface area (Å²) in [5.74, 6) is -0.444. The molecule has 1 N–H and O–H groups in total. The van der Waals surface area contributed by atoms with Crippen molar-refractivity contribution >= 4 is 34.6 Å². The lowest BCUT2D eigenvalue weighted by molar-refractivity contribution is -0.125. The van der Waals surface area contributed by atoms with Gasteiger partial charge in [0.05, 0.1) is 17.6 Å². The minimum Gasteiger partial charge on any atom is -0.436 e. The number of carbonyl (C=O) groups excluding carboxylic acids is 3. The molecular weight excluding hydrogens is 531 g/mol. The second kappa shape index (κ2) is 13.7. The number of anilines is 1. The van der Waals surface area contributed by atoms with E-state index >= 15 is 0 Å². The second-order valence-corrected chi connectivity index (χ2v) is 10.5. The van der Waals surface area contributed by atoms with Gasteiger partial charge in [0.1, 0.15) is 17.3 Å². The molecular formula is C29H37FN6O5. The average Bonchev–Trinajstić information content (AvgIpc) is 3.22. The molecule has 0 aliphatic carbocycles. The van der Waals surface area contributed by atoms with Gasteiger partial charge in [-0.3, -0.25) is 14.4 Å². The standard InChI is InChI=1S/C29H37FN6O5/c1-19(2)17-36-23-14-13-20(30)16-22(23)31-25(36)18-35-15-9-10-21(28(35)39)32-27(38)24(41-29(40)34(5)6)11-7-8-12-26(37)33(3)4/h8-10,12-16,19,24H,7,11,17-18H2,1-6H3,(H,32,38). The average molecular weight is 569 g/mol. The summed E-state index contributed by atoms with van der Waals surface area (Å²) in [6.45, 7) is 4.82. The molecule has 3 amide bonds. The smallest absolute Gasteiger partial charge is 0.410 e. The Hall–Kier alpha value is -4.48. The Morgan fingerprint density at radius 1 is 1.12 bits per heavy atom. The van der Waals surface area contributed by atoms with E-state index in [-0.39, 0.29) is 36.9 Å². The van der Waals surface area contributed by atoms with Crippen LogP contribution in [0.3, 0.4) is 0 Å². The highest BCUT2D eigenvalue weighted by Crippen LogP contribution is 2.20. The third-order valence-corrected chi connectivity index (χ3v) is 6.12. The third-order valence-electron chi connectivity index (χ3n) is 6.12. The Labute approximate surface area is 238 Å². The van der Waals surface area contributed by atoms with Crippen molar-refractivity contribution in [3.63, 3.8) is 0 Å². The van der Waals surface area contributed by atoms with Crippen molar-refractivity contribution in [2.75, 3.05) is 33.5 Å². The van der Waals surface area contributed by atoms with Crippen LogP contribution in [0.5, 0.6) is 0 Å². The van der Waals surface area contributed by atoms with Gasteiger partial charge in [-0.25, -0.2) is 14.2 Å². The van der Waals surface area contributed by atoms with Crippen LogP contribution >= 0.6 is 0 Å². The number of hydrogen-bond donors (Lipinski definition) is 1. The minimum atomic E-state index is -1.21. The van der Waals surface area contributed by atoms with E-state index in [0.29, 0.717) is 17.9 Å². The Morgan fingerprint density at radius 2 is 1.85 bits per heavy atom. The fraction of sp³-hybridized carbons (Fsp3) is 0.414. The number of amides is 3. The van der Waals surface area contributed by atoms with E-state index < -0.39 is 29.5 Å². The van der Waals surface area contributed by atoms with Crippen molar-refractivity contribution in [2.45, 2.75) is 45.9 Å². The van der Waals surface area contributed by atoms with E-state index in [1.165, 1.54) is 52.7 Å². The van der Waals surface area contributed by atoms with Crippen LogP contribution in [0.2, 0.25) is 0 Å². The highest BCUT2D eigenvalue weighted by atomic mass is 19.1. The molecule has 0 radical (unpaired) electrons. The summed E-state index contributed by atoms with van der Waals surface area (Å²) in [5, 5.41) is 2.59. The normalized spacial score (nSPS) is 12.1. The molecule has 0 aliphatic rings. The van der Waals surface area contributed by atoms with Gasteiger partial charge in [-0.15, -0.1) is 0 Å². The first-order valence-corrected chi connectivity index (χ1v) is 13.3. The maximum Gasteiger partial charge on any atom is 0.410 e. The summed E-state index contributed by atoms with van der Waals surface area (Å²) >= 11 is 0. The summed E-state index contributed by atoms with van der Waals surface area (Å²) in [6.07, 6.45) is 3.00. The first-order chi connectivity index (χ1) is 19.4. The Kier molecular flexibility index (Phi) is 10.4. The maximum atomic E-state index is 13.9. The number of aromatic nitrogens is 3. The van der Waals surface area contributed by atoms with Gasteiger partial charge in [0.25, 0.3) is 11.5 Å². The molecule has 0 saturated carbocycles. The molecule has 12 heteroatoms. The Bertz CT molecular complexity index is 1490. The topological polar surface area (TPSA) is 119 Å². The van der Waals surface area contributed by atoms with Crippen LogP contribution in [-0.4, -0.2) is 76.1 Å². The van der Waals surface area contributed by atoms with E-state index in [4.69, 9.17) is 4.74 Å². The molecule has 1 unspecified atom stereocenters. The number of fused-ring (bicyclic) bond motifs is 1. The van der Waals surface area contributed by atoms with Crippen LogP contribution < -0.4 is 10.9 Å². The molecule has 3 aromatic rings. The lowest BCUT2D eigenvalue weighted by atomic mass is 10.1. The highest BCUT2D eigenvalue weighted by Gasteiger charge is 2.24. The lowest BCUT2D eigenvalue weighted by Gasteiger charge is -2.20. The quantitative estimate of drug-likeness (QED) is 0.354. The van der Waals surface area contributed by atoms with E-state index in [2.05, 4.69) is 24.1 Å².